The molecule has 1 aromatic carbocycles. The molecule has 5 heteroatoms. The predicted octanol–water partition coefficient (Wildman–Crippen LogP) is 4.00. The topological polar surface area (TPSA) is 50.4 Å². The zero-order valence-corrected chi connectivity index (χ0v) is 14.0. The van der Waals surface area contributed by atoms with Crippen molar-refractivity contribution in [1.29, 1.82) is 0 Å². The molecule has 0 unspecified atom stereocenters. The number of nitrogens with one attached hydrogen (secondary N) is 2. The van der Waals surface area contributed by atoms with Crippen molar-refractivity contribution in [2.24, 2.45) is 0 Å². The zero-order chi connectivity index (χ0) is 15.9. The number of anilines is 1. The first-order valence-electron chi connectivity index (χ1n) is 6.86. The number of hydrogen-bond acceptors (Lipinski definition) is 4. The second kappa shape index (κ2) is 7.98. The fourth-order valence-corrected chi connectivity index (χ4v) is 1.81. The highest BCUT2D eigenvalue weighted by molar-refractivity contribution is 8.02. The van der Waals surface area contributed by atoms with Gasteiger partial charge in [0.15, 0.2) is 0 Å². The van der Waals surface area contributed by atoms with Gasteiger partial charge < -0.3 is 15.4 Å². The van der Waals surface area contributed by atoms with Crippen molar-refractivity contribution in [3.63, 3.8) is 0 Å². The molecule has 0 aliphatic heterocycles. The second-order valence-corrected chi connectivity index (χ2v) is 6.53. The summed E-state index contributed by atoms with van der Waals surface area (Å²) in [5, 5.41) is 6.86. The lowest BCUT2D eigenvalue weighted by atomic mass is 10.1. The summed E-state index contributed by atoms with van der Waals surface area (Å²) in [4.78, 5) is 11.5. The van der Waals surface area contributed by atoms with E-state index in [4.69, 9.17) is 4.74 Å². The molecule has 21 heavy (non-hydrogen) atoms. The lowest BCUT2D eigenvalue weighted by molar-refractivity contribution is 0.0528. The van der Waals surface area contributed by atoms with Crippen LogP contribution in [0.25, 0.3) is 0 Å². The fourth-order valence-electron chi connectivity index (χ4n) is 1.59. The molecule has 4 nitrogen and oxygen atoms in total. The first kappa shape index (κ1) is 17.4. The van der Waals surface area contributed by atoms with Crippen LogP contribution >= 0.6 is 11.8 Å². The number of ether oxygens (including phenoxy) is 1. The Morgan fingerprint density at radius 3 is 2.43 bits per heavy atom. The first-order valence-corrected chi connectivity index (χ1v) is 8.08. The molecule has 2 N–H and O–H groups in total. The smallest absolute Gasteiger partial charge is 0.407 e. The van der Waals surface area contributed by atoms with Crippen LogP contribution in [0.2, 0.25) is 0 Å². The number of benzene rings is 1. The number of carbonyl (C=O) groups excluding carboxylic acids is 1. The van der Waals surface area contributed by atoms with Crippen molar-refractivity contribution in [2.75, 3.05) is 18.1 Å². The van der Waals surface area contributed by atoms with Crippen molar-refractivity contribution in [1.82, 2.24) is 5.32 Å². The molecule has 1 aromatic rings. The van der Waals surface area contributed by atoms with Crippen LogP contribution in [-0.2, 0) is 11.2 Å². The van der Waals surface area contributed by atoms with Gasteiger partial charge in [0.1, 0.15) is 5.60 Å². The number of hydrogen-bond donors (Lipinski definition) is 2. The van der Waals surface area contributed by atoms with Crippen molar-refractivity contribution >= 4 is 23.5 Å². The normalized spacial score (nSPS) is 10.9. The van der Waals surface area contributed by atoms with Crippen LogP contribution < -0.4 is 10.6 Å². The van der Waals surface area contributed by atoms with E-state index in [2.05, 4.69) is 17.2 Å². The Kier molecular flexibility index (Phi) is 6.62. The Hall–Kier alpha value is -1.62. The Labute approximate surface area is 131 Å². The van der Waals surface area contributed by atoms with Crippen molar-refractivity contribution in [2.45, 2.75) is 32.8 Å². The van der Waals surface area contributed by atoms with E-state index in [9.17, 15) is 4.79 Å². The third kappa shape index (κ3) is 7.66. The summed E-state index contributed by atoms with van der Waals surface area (Å²) in [6.45, 7) is 9.98. The van der Waals surface area contributed by atoms with Gasteiger partial charge in [0.2, 0.25) is 0 Å². The molecule has 0 spiro atoms. The molecule has 0 radical (unpaired) electrons. The van der Waals surface area contributed by atoms with E-state index in [1.54, 1.807) is 11.8 Å². The SMILES string of the molecule is C=C(Nc1ccc(CCNC(=O)OC(C)(C)C)cc1)SC. The highest BCUT2D eigenvalue weighted by Gasteiger charge is 2.15. The quantitative estimate of drug-likeness (QED) is 0.834. The summed E-state index contributed by atoms with van der Waals surface area (Å²) in [6, 6.07) is 8.08. The minimum atomic E-state index is -0.461. The molecule has 0 aliphatic rings. The molecule has 1 amide bonds. The first-order chi connectivity index (χ1) is 9.80. The highest BCUT2D eigenvalue weighted by atomic mass is 32.2. The lowest BCUT2D eigenvalue weighted by Crippen LogP contribution is -2.33. The minimum absolute atomic E-state index is 0.378. The van der Waals surface area contributed by atoms with E-state index < -0.39 is 5.60 Å². The van der Waals surface area contributed by atoms with E-state index in [0.717, 1.165) is 22.7 Å². The van der Waals surface area contributed by atoms with Gasteiger partial charge in [-0.15, -0.1) is 11.8 Å². The maximum atomic E-state index is 11.5. The highest BCUT2D eigenvalue weighted by Crippen LogP contribution is 2.16. The van der Waals surface area contributed by atoms with E-state index in [1.807, 2.05) is 51.3 Å². The van der Waals surface area contributed by atoms with Gasteiger partial charge in [-0.05, 0) is 51.1 Å². The third-order valence-electron chi connectivity index (χ3n) is 2.57. The summed E-state index contributed by atoms with van der Waals surface area (Å²) < 4.78 is 5.18. The van der Waals surface area contributed by atoms with E-state index >= 15 is 0 Å². The molecule has 0 atom stereocenters. The van der Waals surface area contributed by atoms with Crippen LogP contribution in [0.15, 0.2) is 35.9 Å². The Morgan fingerprint density at radius 2 is 1.90 bits per heavy atom. The van der Waals surface area contributed by atoms with Crippen LogP contribution in [-0.4, -0.2) is 24.5 Å². The molecule has 0 aliphatic carbocycles. The van der Waals surface area contributed by atoms with Gasteiger partial charge in [0.25, 0.3) is 0 Å². The number of carbonyl (C=O) groups is 1. The lowest BCUT2D eigenvalue weighted by Gasteiger charge is -2.19. The maximum absolute atomic E-state index is 11.5. The zero-order valence-electron chi connectivity index (χ0n) is 13.2. The minimum Gasteiger partial charge on any atom is -0.444 e. The van der Waals surface area contributed by atoms with Crippen LogP contribution in [0.5, 0.6) is 0 Å². The number of alkyl carbamates (subject to hydrolysis) is 1. The average molecular weight is 308 g/mol. The monoisotopic (exact) mass is 308 g/mol. The fraction of sp³-hybridized carbons (Fsp3) is 0.438. The number of thioether (sulfide) groups is 1. The summed E-state index contributed by atoms with van der Waals surface area (Å²) >= 11 is 1.58. The van der Waals surface area contributed by atoms with Crippen molar-refractivity contribution < 1.29 is 9.53 Å². The van der Waals surface area contributed by atoms with Gasteiger partial charge in [-0.2, -0.15) is 0 Å². The van der Waals surface area contributed by atoms with Crippen LogP contribution in [0.4, 0.5) is 10.5 Å². The summed E-state index contributed by atoms with van der Waals surface area (Å²) in [6.07, 6.45) is 2.37. The van der Waals surface area contributed by atoms with Crippen LogP contribution in [0, 0.1) is 0 Å². The van der Waals surface area contributed by atoms with Crippen molar-refractivity contribution in [3.05, 3.63) is 41.4 Å². The molecular weight excluding hydrogens is 284 g/mol. The molecular formula is C16H24N2O2S. The van der Waals surface area contributed by atoms with Gasteiger partial charge in [-0.25, -0.2) is 4.79 Å². The maximum Gasteiger partial charge on any atom is 0.407 e. The summed E-state index contributed by atoms with van der Waals surface area (Å²) in [5.74, 6) is 0. The third-order valence-corrected chi connectivity index (χ3v) is 3.16. The second-order valence-electron chi connectivity index (χ2n) is 5.63. The van der Waals surface area contributed by atoms with Crippen molar-refractivity contribution in [3.8, 4) is 0 Å². The van der Waals surface area contributed by atoms with E-state index in [-0.39, 0.29) is 6.09 Å². The number of rotatable bonds is 6. The summed E-state index contributed by atoms with van der Waals surface area (Å²) in [7, 11) is 0. The standard InChI is InChI=1S/C16H24N2O2S/c1-12(21-5)18-14-8-6-13(7-9-14)10-11-17-15(19)20-16(2,3)4/h6-9,18H,1,10-11H2,2-5H3,(H,17,19). The molecule has 116 valence electrons. The Morgan fingerprint density at radius 1 is 1.29 bits per heavy atom. The van der Waals surface area contributed by atoms with Gasteiger partial charge in [0, 0.05) is 12.2 Å². The van der Waals surface area contributed by atoms with E-state index in [1.165, 1.54) is 0 Å². The molecule has 0 saturated heterocycles. The largest absolute Gasteiger partial charge is 0.444 e. The van der Waals surface area contributed by atoms with Crippen LogP contribution in [0.1, 0.15) is 26.3 Å². The predicted molar refractivity (Wildman–Crippen MR) is 90.7 cm³/mol. The Bertz CT molecular complexity index is 478. The molecule has 0 saturated carbocycles. The van der Waals surface area contributed by atoms with Crippen LogP contribution in [0.3, 0.4) is 0 Å². The molecule has 0 aromatic heterocycles. The van der Waals surface area contributed by atoms with Gasteiger partial charge in [-0.3, -0.25) is 0 Å². The van der Waals surface area contributed by atoms with Gasteiger partial charge in [-0.1, -0.05) is 18.7 Å². The van der Waals surface area contributed by atoms with Gasteiger partial charge >= 0.3 is 6.09 Å². The average Bonchev–Trinajstić information content (AvgIpc) is 2.38. The Balaban J connectivity index is 2.36. The molecule has 0 heterocycles. The molecule has 1 rings (SSSR count). The van der Waals surface area contributed by atoms with E-state index in [0.29, 0.717) is 6.54 Å². The van der Waals surface area contributed by atoms with Gasteiger partial charge in [0.05, 0.1) is 5.03 Å². The summed E-state index contributed by atoms with van der Waals surface area (Å²) in [5.41, 5.74) is 1.71. The molecule has 0 fully saturated rings. The number of amides is 1. The molecule has 0 bridgehead atoms.